The number of para-hydroxylation sites is 1. The third-order valence-corrected chi connectivity index (χ3v) is 4.08. The Morgan fingerprint density at radius 3 is 2.61 bits per heavy atom. The minimum absolute atomic E-state index is 0.00583. The summed E-state index contributed by atoms with van der Waals surface area (Å²) in [6, 6.07) is 7.75. The molecule has 2 amide bonds. The highest BCUT2D eigenvalue weighted by Crippen LogP contribution is 2.19. The van der Waals surface area contributed by atoms with Crippen LogP contribution in [0.5, 0.6) is 5.75 Å². The second kappa shape index (κ2) is 8.53. The summed E-state index contributed by atoms with van der Waals surface area (Å²) in [7, 11) is 3.36. The van der Waals surface area contributed by atoms with Crippen molar-refractivity contribution in [2.45, 2.75) is 25.3 Å². The Hall–Kier alpha value is -2.08. The fourth-order valence-corrected chi connectivity index (χ4v) is 2.84. The summed E-state index contributed by atoms with van der Waals surface area (Å²) in [5.41, 5.74) is 0.907. The molecule has 1 aliphatic rings. The van der Waals surface area contributed by atoms with Crippen LogP contribution < -0.4 is 15.4 Å². The molecular formula is C17H25N3O3. The van der Waals surface area contributed by atoms with Crippen molar-refractivity contribution in [1.82, 2.24) is 15.5 Å². The van der Waals surface area contributed by atoms with Crippen LogP contribution in [-0.2, 0) is 16.0 Å². The first kappa shape index (κ1) is 17.3. The monoisotopic (exact) mass is 319 g/mol. The standard InChI is InChI=1S/C17H25N3O3/c1-18-12-16(21)19-14-7-9-20(10-8-14)17(22)11-13-5-3-4-6-15(13)23-2/h3-6,14,18H,7-12H2,1-2H3,(H,19,21). The fraction of sp³-hybridized carbons (Fsp3) is 0.529. The van der Waals surface area contributed by atoms with E-state index in [2.05, 4.69) is 10.6 Å². The van der Waals surface area contributed by atoms with E-state index < -0.39 is 0 Å². The lowest BCUT2D eigenvalue weighted by Gasteiger charge is -2.32. The number of piperidine rings is 1. The molecule has 6 nitrogen and oxygen atoms in total. The zero-order valence-corrected chi connectivity index (χ0v) is 13.8. The molecule has 2 N–H and O–H groups in total. The maximum Gasteiger partial charge on any atom is 0.234 e. The smallest absolute Gasteiger partial charge is 0.234 e. The van der Waals surface area contributed by atoms with Gasteiger partial charge in [0.15, 0.2) is 0 Å². The zero-order chi connectivity index (χ0) is 16.7. The predicted molar refractivity (Wildman–Crippen MR) is 88.4 cm³/mol. The van der Waals surface area contributed by atoms with Crippen molar-refractivity contribution in [2.75, 3.05) is 33.8 Å². The topological polar surface area (TPSA) is 70.7 Å². The Morgan fingerprint density at radius 2 is 1.96 bits per heavy atom. The number of carbonyl (C=O) groups is 2. The van der Waals surface area contributed by atoms with Crippen molar-refractivity contribution in [3.05, 3.63) is 29.8 Å². The van der Waals surface area contributed by atoms with Crippen LogP contribution in [0.15, 0.2) is 24.3 Å². The van der Waals surface area contributed by atoms with Crippen LogP contribution in [0.3, 0.4) is 0 Å². The molecule has 2 rings (SSSR count). The molecule has 6 heteroatoms. The summed E-state index contributed by atoms with van der Waals surface area (Å²) in [5, 5.41) is 5.82. The lowest BCUT2D eigenvalue weighted by atomic mass is 10.0. The number of hydrogen-bond donors (Lipinski definition) is 2. The van der Waals surface area contributed by atoms with Crippen LogP contribution in [0, 0.1) is 0 Å². The number of benzene rings is 1. The van der Waals surface area contributed by atoms with Gasteiger partial charge in [-0.2, -0.15) is 0 Å². The molecule has 1 saturated heterocycles. The van der Waals surface area contributed by atoms with E-state index in [0.717, 1.165) is 24.2 Å². The second-order valence-electron chi connectivity index (χ2n) is 5.74. The maximum absolute atomic E-state index is 12.4. The summed E-state index contributed by atoms with van der Waals surface area (Å²) >= 11 is 0. The largest absolute Gasteiger partial charge is 0.496 e. The summed E-state index contributed by atoms with van der Waals surface area (Å²) in [5.74, 6) is 0.857. The lowest BCUT2D eigenvalue weighted by Crippen LogP contribution is -2.48. The molecule has 23 heavy (non-hydrogen) atoms. The molecule has 1 aliphatic heterocycles. The third kappa shape index (κ3) is 4.96. The SMILES string of the molecule is CNCC(=O)NC1CCN(C(=O)Cc2ccccc2OC)CC1. The number of amides is 2. The van der Waals surface area contributed by atoms with Gasteiger partial charge < -0.3 is 20.3 Å². The van der Waals surface area contributed by atoms with E-state index in [1.807, 2.05) is 29.2 Å². The van der Waals surface area contributed by atoms with Gasteiger partial charge in [-0.25, -0.2) is 0 Å². The number of ether oxygens (including phenoxy) is 1. The second-order valence-corrected chi connectivity index (χ2v) is 5.74. The van der Waals surface area contributed by atoms with Crippen LogP contribution in [0.25, 0.3) is 0 Å². The Kier molecular flexibility index (Phi) is 6.40. The van der Waals surface area contributed by atoms with Gasteiger partial charge in [0.05, 0.1) is 20.1 Å². The number of nitrogens with one attached hydrogen (secondary N) is 2. The highest BCUT2D eigenvalue weighted by molar-refractivity contribution is 5.80. The Morgan fingerprint density at radius 1 is 1.26 bits per heavy atom. The van der Waals surface area contributed by atoms with Gasteiger partial charge in [0.25, 0.3) is 0 Å². The quantitative estimate of drug-likeness (QED) is 0.804. The molecule has 0 saturated carbocycles. The Labute approximate surface area is 137 Å². The van der Waals surface area contributed by atoms with E-state index in [1.165, 1.54) is 0 Å². The van der Waals surface area contributed by atoms with Crippen molar-refractivity contribution in [3.8, 4) is 5.75 Å². The van der Waals surface area contributed by atoms with Crippen LogP contribution in [-0.4, -0.2) is 56.5 Å². The van der Waals surface area contributed by atoms with Gasteiger partial charge in [0.1, 0.15) is 5.75 Å². The molecule has 0 radical (unpaired) electrons. The maximum atomic E-state index is 12.4. The van der Waals surface area contributed by atoms with Crippen molar-refractivity contribution < 1.29 is 14.3 Å². The first-order valence-electron chi connectivity index (χ1n) is 7.97. The molecule has 1 heterocycles. The molecule has 1 aromatic carbocycles. The normalized spacial score (nSPS) is 15.3. The van der Waals surface area contributed by atoms with Gasteiger partial charge in [0.2, 0.25) is 11.8 Å². The van der Waals surface area contributed by atoms with Gasteiger partial charge in [-0.15, -0.1) is 0 Å². The zero-order valence-electron chi connectivity index (χ0n) is 13.8. The van der Waals surface area contributed by atoms with Gasteiger partial charge in [-0.1, -0.05) is 18.2 Å². The number of methoxy groups -OCH3 is 1. The van der Waals surface area contributed by atoms with E-state index in [4.69, 9.17) is 4.74 Å². The van der Waals surface area contributed by atoms with E-state index >= 15 is 0 Å². The first-order valence-corrected chi connectivity index (χ1v) is 7.97. The number of nitrogens with zero attached hydrogens (tertiary/aromatic N) is 1. The Bertz CT molecular complexity index is 540. The predicted octanol–water partition coefficient (Wildman–Crippen LogP) is 0.564. The van der Waals surface area contributed by atoms with E-state index in [1.54, 1.807) is 14.2 Å². The van der Waals surface area contributed by atoms with Crippen molar-refractivity contribution in [2.24, 2.45) is 0 Å². The molecule has 0 aliphatic carbocycles. The minimum Gasteiger partial charge on any atom is -0.496 e. The fourth-order valence-electron chi connectivity index (χ4n) is 2.84. The van der Waals surface area contributed by atoms with Gasteiger partial charge in [-0.05, 0) is 26.0 Å². The summed E-state index contributed by atoms with van der Waals surface area (Å²) < 4.78 is 5.29. The number of likely N-dealkylation sites (N-methyl/N-ethyl adjacent to an activating group) is 1. The summed E-state index contributed by atoms with van der Waals surface area (Å²) in [6.07, 6.45) is 1.95. The highest BCUT2D eigenvalue weighted by atomic mass is 16.5. The van der Waals surface area contributed by atoms with Crippen LogP contribution in [0.4, 0.5) is 0 Å². The number of hydrogen-bond acceptors (Lipinski definition) is 4. The van der Waals surface area contributed by atoms with Crippen LogP contribution in [0.2, 0.25) is 0 Å². The molecular weight excluding hydrogens is 294 g/mol. The molecule has 0 spiro atoms. The molecule has 1 aromatic rings. The number of carbonyl (C=O) groups excluding carboxylic acids is 2. The lowest BCUT2D eigenvalue weighted by molar-refractivity contribution is -0.131. The average molecular weight is 319 g/mol. The molecule has 126 valence electrons. The molecule has 0 atom stereocenters. The summed E-state index contributed by atoms with van der Waals surface area (Å²) in [4.78, 5) is 25.9. The van der Waals surface area contributed by atoms with Crippen molar-refractivity contribution in [1.29, 1.82) is 0 Å². The van der Waals surface area contributed by atoms with Crippen molar-refractivity contribution in [3.63, 3.8) is 0 Å². The molecule has 1 fully saturated rings. The van der Waals surface area contributed by atoms with Gasteiger partial charge in [-0.3, -0.25) is 9.59 Å². The number of likely N-dealkylation sites (tertiary alicyclic amines) is 1. The third-order valence-electron chi connectivity index (χ3n) is 4.08. The Balaban J connectivity index is 1.83. The van der Waals surface area contributed by atoms with Crippen molar-refractivity contribution >= 4 is 11.8 Å². The minimum atomic E-state index is 0.00583. The average Bonchev–Trinajstić information content (AvgIpc) is 2.56. The molecule has 0 aromatic heterocycles. The highest BCUT2D eigenvalue weighted by Gasteiger charge is 2.24. The molecule has 0 bridgehead atoms. The van der Waals surface area contributed by atoms with E-state index in [-0.39, 0.29) is 17.9 Å². The van der Waals surface area contributed by atoms with Crippen LogP contribution >= 0.6 is 0 Å². The first-order chi connectivity index (χ1) is 11.1. The van der Waals surface area contributed by atoms with E-state index in [0.29, 0.717) is 26.1 Å². The van der Waals surface area contributed by atoms with Gasteiger partial charge in [0, 0.05) is 24.7 Å². The van der Waals surface area contributed by atoms with Gasteiger partial charge >= 0.3 is 0 Å². The summed E-state index contributed by atoms with van der Waals surface area (Å²) in [6.45, 7) is 1.68. The molecule has 0 unspecified atom stereocenters. The van der Waals surface area contributed by atoms with E-state index in [9.17, 15) is 9.59 Å². The van der Waals surface area contributed by atoms with Crippen LogP contribution in [0.1, 0.15) is 18.4 Å². The number of rotatable bonds is 6.